The predicted molar refractivity (Wildman–Crippen MR) is 72.4 cm³/mol. The van der Waals surface area contributed by atoms with Gasteiger partial charge in [0.1, 0.15) is 0 Å². The Bertz CT molecular complexity index is 570. The quantitative estimate of drug-likeness (QED) is 0.868. The van der Waals surface area contributed by atoms with Crippen LogP contribution in [0.4, 0.5) is 0 Å². The van der Waals surface area contributed by atoms with Crippen molar-refractivity contribution < 1.29 is 5.11 Å². The molecule has 2 atom stereocenters. The van der Waals surface area contributed by atoms with E-state index < -0.39 is 6.10 Å². The van der Waals surface area contributed by atoms with E-state index in [9.17, 15) is 5.11 Å². The molecule has 1 aliphatic rings. The molecule has 0 bridgehead atoms. The summed E-state index contributed by atoms with van der Waals surface area (Å²) in [5, 5.41) is 14.4. The number of hydrogen-bond acceptors (Lipinski definition) is 2. The maximum Gasteiger partial charge on any atom is 0.0999 e. The van der Waals surface area contributed by atoms with Crippen LogP contribution in [0, 0.1) is 0 Å². The van der Waals surface area contributed by atoms with E-state index >= 15 is 0 Å². The van der Waals surface area contributed by atoms with Crippen LogP contribution in [0.15, 0.2) is 48.5 Å². The van der Waals surface area contributed by atoms with Gasteiger partial charge in [0, 0.05) is 17.1 Å². The highest BCUT2D eigenvalue weighted by molar-refractivity contribution is 6.31. The molecule has 2 aromatic carbocycles. The van der Waals surface area contributed by atoms with Crippen LogP contribution in [0.3, 0.4) is 0 Å². The molecule has 0 aromatic heterocycles. The van der Waals surface area contributed by atoms with Crippen LogP contribution in [0.25, 0.3) is 0 Å². The summed E-state index contributed by atoms with van der Waals surface area (Å²) in [7, 11) is 0. The fraction of sp³-hybridized carbons (Fsp3) is 0.200. The standard InChI is InChI=1S/C15H14ClNO/c16-13-8-4-3-7-12(13)15(18)14-11-6-2-1-5-10(11)9-17-14/h1-8,14-15,17-18H,9H2. The van der Waals surface area contributed by atoms with E-state index in [4.69, 9.17) is 11.6 Å². The normalized spacial score (nSPS) is 19.6. The third-order valence-electron chi connectivity index (χ3n) is 3.44. The molecule has 3 heteroatoms. The molecule has 2 N–H and O–H groups in total. The van der Waals surface area contributed by atoms with Gasteiger partial charge in [-0.3, -0.25) is 0 Å². The fourth-order valence-electron chi connectivity index (χ4n) is 2.50. The summed E-state index contributed by atoms with van der Waals surface area (Å²) in [5.41, 5.74) is 3.17. The van der Waals surface area contributed by atoms with Crippen molar-refractivity contribution in [3.05, 3.63) is 70.2 Å². The molecule has 2 unspecified atom stereocenters. The average Bonchev–Trinajstić information content (AvgIpc) is 2.82. The second-order valence-electron chi connectivity index (χ2n) is 4.52. The Morgan fingerprint density at radius 2 is 1.83 bits per heavy atom. The van der Waals surface area contributed by atoms with Gasteiger partial charge in [0.25, 0.3) is 0 Å². The molecule has 2 nitrogen and oxygen atoms in total. The maximum absolute atomic E-state index is 10.5. The van der Waals surface area contributed by atoms with E-state index in [0.29, 0.717) is 5.02 Å². The van der Waals surface area contributed by atoms with Gasteiger partial charge in [0.2, 0.25) is 0 Å². The van der Waals surface area contributed by atoms with Gasteiger partial charge in [0.05, 0.1) is 12.1 Å². The van der Waals surface area contributed by atoms with Crippen LogP contribution in [-0.2, 0) is 6.54 Å². The molecule has 0 spiro atoms. The number of hydrogen-bond donors (Lipinski definition) is 2. The topological polar surface area (TPSA) is 32.3 Å². The third kappa shape index (κ3) is 1.93. The second kappa shape index (κ2) is 4.73. The summed E-state index contributed by atoms with van der Waals surface area (Å²) in [6, 6.07) is 15.5. The van der Waals surface area contributed by atoms with E-state index in [0.717, 1.165) is 17.7 Å². The minimum absolute atomic E-state index is 0.0823. The second-order valence-corrected chi connectivity index (χ2v) is 4.93. The Balaban J connectivity index is 1.96. The number of nitrogens with one attached hydrogen (secondary N) is 1. The number of aliphatic hydroxyl groups is 1. The first-order valence-corrected chi connectivity index (χ1v) is 6.39. The van der Waals surface area contributed by atoms with Crippen LogP contribution in [0.2, 0.25) is 5.02 Å². The highest BCUT2D eigenvalue weighted by atomic mass is 35.5. The van der Waals surface area contributed by atoms with E-state index in [1.807, 2.05) is 30.3 Å². The van der Waals surface area contributed by atoms with Gasteiger partial charge in [-0.2, -0.15) is 0 Å². The summed E-state index contributed by atoms with van der Waals surface area (Å²) in [5.74, 6) is 0. The molecule has 92 valence electrons. The van der Waals surface area contributed by atoms with Gasteiger partial charge in [0.15, 0.2) is 0 Å². The molecule has 3 rings (SSSR count). The number of rotatable bonds is 2. The molecule has 0 amide bonds. The monoisotopic (exact) mass is 259 g/mol. The van der Waals surface area contributed by atoms with Gasteiger partial charge in [-0.25, -0.2) is 0 Å². The van der Waals surface area contributed by atoms with Gasteiger partial charge >= 0.3 is 0 Å². The predicted octanol–water partition coefficient (Wildman–Crippen LogP) is 3.22. The first-order valence-electron chi connectivity index (χ1n) is 6.01. The summed E-state index contributed by atoms with van der Waals surface area (Å²) in [6.07, 6.45) is -0.623. The van der Waals surface area contributed by atoms with Gasteiger partial charge < -0.3 is 10.4 Å². The van der Waals surface area contributed by atoms with Gasteiger partial charge in [-0.15, -0.1) is 0 Å². The lowest BCUT2D eigenvalue weighted by atomic mass is 9.96. The lowest BCUT2D eigenvalue weighted by Gasteiger charge is -2.21. The number of benzene rings is 2. The molecule has 1 aliphatic heterocycles. The number of halogens is 1. The van der Waals surface area contributed by atoms with Crippen molar-refractivity contribution >= 4 is 11.6 Å². The van der Waals surface area contributed by atoms with Crippen molar-refractivity contribution in [3.63, 3.8) is 0 Å². The van der Waals surface area contributed by atoms with Gasteiger partial charge in [-0.1, -0.05) is 54.1 Å². The summed E-state index contributed by atoms with van der Waals surface area (Å²) in [4.78, 5) is 0. The van der Waals surface area contributed by atoms with Crippen molar-refractivity contribution in [2.45, 2.75) is 18.7 Å². The summed E-state index contributed by atoms with van der Waals surface area (Å²) in [6.45, 7) is 0.794. The Morgan fingerprint density at radius 3 is 2.67 bits per heavy atom. The highest BCUT2D eigenvalue weighted by Crippen LogP contribution is 2.37. The molecule has 2 aromatic rings. The lowest BCUT2D eigenvalue weighted by molar-refractivity contribution is 0.134. The molecular weight excluding hydrogens is 246 g/mol. The zero-order chi connectivity index (χ0) is 12.5. The molecule has 0 saturated heterocycles. The fourth-order valence-corrected chi connectivity index (χ4v) is 2.75. The van der Waals surface area contributed by atoms with E-state index in [1.165, 1.54) is 5.56 Å². The zero-order valence-electron chi connectivity index (χ0n) is 9.81. The Labute approximate surface area is 111 Å². The SMILES string of the molecule is OC(c1ccccc1Cl)C1NCc2ccccc21. The molecule has 18 heavy (non-hydrogen) atoms. The largest absolute Gasteiger partial charge is 0.386 e. The van der Waals surface area contributed by atoms with Crippen molar-refractivity contribution in [2.75, 3.05) is 0 Å². The third-order valence-corrected chi connectivity index (χ3v) is 3.79. The Hall–Kier alpha value is -1.35. The van der Waals surface area contributed by atoms with E-state index in [1.54, 1.807) is 6.07 Å². The summed E-state index contributed by atoms with van der Waals surface area (Å²) >= 11 is 6.14. The van der Waals surface area contributed by atoms with Crippen molar-refractivity contribution in [1.82, 2.24) is 5.32 Å². The van der Waals surface area contributed by atoms with Crippen LogP contribution in [0.5, 0.6) is 0 Å². The maximum atomic E-state index is 10.5. The number of fused-ring (bicyclic) bond motifs is 1. The molecule has 0 aliphatic carbocycles. The van der Waals surface area contributed by atoms with E-state index in [-0.39, 0.29) is 6.04 Å². The van der Waals surface area contributed by atoms with Crippen LogP contribution >= 0.6 is 11.6 Å². The summed E-state index contributed by atoms with van der Waals surface area (Å²) < 4.78 is 0. The minimum atomic E-state index is -0.623. The molecule has 0 radical (unpaired) electrons. The Kier molecular flexibility index (Phi) is 3.08. The molecule has 1 heterocycles. The van der Waals surface area contributed by atoms with Crippen molar-refractivity contribution in [1.29, 1.82) is 0 Å². The van der Waals surface area contributed by atoms with Crippen LogP contribution in [-0.4, -0.2) is 5.11 Å². The molecule has 0 saturated carbocycles. The smallest absolute Gasteiger partial charge is 0.0999 e. The average molecular weight is 260 g/mol. The lowest BCUT2D eigenvalue weighted by Crippen LogP contribution is -2.20. The molecular formula is C15H14ClNO. The molecule has 0 fully saturated rings. The Morgan fingerprint density at radius 1 is 1.11 bits per heavy atom. The van der Waals surface area contributed by atoms with Crippen molar-refractivity contribution in [2.24, 2.45) is 0 Å². The van der Waals surface area contributed by atoms with Crippen LogP contribution in [0.1, 0.15) is 28.8 Å². The van der Waals surface area contributed by atoms with E-state index in [2.05, 4.69) is 17.4 Å². The first-order chi connectivity index (χ1) is 8.77. The first kappa shape index (κ1) is 11.7. The van der Waals surface area contributed by atoms with Crippen molar-refractivity contribution in [3.8, 4) is 0 Å². The van der Waals surface area contributed by atoms with Gasteiger partial charge in [-0.05, 0) is 17.2 Å². The number of aliphatic hydroxyl groups excluding tert-OH is 1. The highest BCUT2D eigenvalue weighted by Gasteiger charge is 2.29. The zero-order valence-corrected chi connectivity index (χ0v) is 10.6. The minimum Gasteiger partial charge on any atom is -0.386 e. The van der Waals surface area contributed by atoms with Crippen LogP contribution < -0.4 is 5.32 Å².